The van der Waals surface area contributed by atoms with E-state index in [0.29, 0.717) is 11.2 Å². The number of primary amides is 1. The lowest BCUT2D eigenvalue weighted by Gasteiger charge is -2.31. The van der Waals surface area contributed by atoms with Gasteiger partial charge in [-0.05, 0) is 30.7 Å². The molecule has 192 valence electrons. The van der Waals surface area contributed by atoms with E-state index in [1.54, 1.807) is 23.6 Å². The van der Waals surface area contributed by atoms with Gasteiger partial charge in [-0.25, -0.2) is 18.2 Å². The Morgan fingerprint density at radius 2 is 1.95 bits per heavy atom. The molecule has 2 fully saturated rings. The molecule has 37 heavy (non-hydrogen) atoms. The van der Waals surface area contributed by atoms with Crippen molar-refractivity contribution in [1.29, 1.82) is 0 Å². The van der Waals surface area contributed by atoms with Crippen LogP contribution in [0.25, 0.3) is 28.3 Å². The molecule has 1 amide bonds. The van der Waals surface area contributed by atoms with Crippen molar-refractivity contribution in [2.45, 2.75) is 31.6 Å². The first-order valence-corrected chi connectivity index (χ1v) is 12.0. The number of nitrogens with two attached hydrogens (primary N) is 1. The summed E-state index contributed by atoms with van der Waals surface area (Å²) in [7, 11) is 0. The molecule has 1 aliphatic carbocycles. The van der Waals surface area contributed by atoms with E-state index in [1.165, 1.54) is 6.07 Å². The fourth-order valence-electron chi connectivity index (χ4n) is 4.98. The zero-order valence-electron chi connectivity index (χ0n) is 20.0. The highest BCUT2D eigenvalue weighted by Crippen LogP contribution is 2.48. The molecule has 0 spiro atoms. The highest BCUT2D eigenvalue weighted by molar-refractivity contribution is 5.99. The van der Waals surface area contributed by atoms with Gasteiger partial charge >= 0.3 is 0 Å². The van der Waals surface area contributed by atoms with Gasteiger partial charge < -0.3 is 20.5 Å². The second-order valence-electron chi connectivity index (χ2n) is 9.57. The summed E-state index contributed by atoms with van der Waals surface area (Å²) in [5.74, 6) is -4.39. The third kappa shape index (κ3) is 4.10. The molecular weight excluding hydrogens is 487 g/mol. The van der Waals surface area contributed by atoms with E-state index in [0.717, 1.165) is 31.9 Å². The minimum atomic E-state index is -2.73. The average molecular weight is 512 g/mol. The van der Waals surface area contributed by atoms with Crippen LogP contribution in [0, 0.1) is 12.7 Å². The van der Waals surface area contributed by atoms with E-state index in [4.69, 9.17) is 10.3 Å². The molecule has 1 aliphatic heterocycles. The Labute approximate surface area is 209 Å². The monoisotopic (exact) mass is 511 g/mol. The maximum Gasteiger partial charge on any atom is 0.268 e. The molecule has 3 aromatic heterocycles. The maximum absolute atomic E-state index is 15.1. The molecule has 1 aromatic carbocycles. The van der Waals surface area contributed by atoms with Crippen LogP contribution in [0.2, 0.25) is 0 Å². The Hall–Kier alpha value is -3.93. The molecule has 4 aromatic rings. The van der Waals surface area contributed by atoms with Crippen LogP contribution in [0.4, 0.5) is 18.9 Å². The van der Waals surface area contributed by atoms with Gasteiger partial charge in [0.25, 0.3) is 5.91 Å². The molecule has 2 aliphatic rings. The number of hydrogen-bond donors (Lipinski definition) is 2. The first kappa shape index (κ1) is 23.5. The summed E-state index contributed by atoms with van der Waals surface area (Å²) in [4.78, 5) is 23.6. The van der Waals surface area contributed by atoms with E-state index in [-0.39, 0.29) is 47.1 Å². The van der Waals surface area contributed by atoms with Crippen LogP contribution in [0.3, 0.4) is 0 Å². The van der Waals surface area contributed by atoms with Crippen molar-refractivity contribution in [2.75, 3.05) is 31.1 Å². The van der Waals surface area contributed by atoms with E-state index >= 15 is 4.39 Å². The van der Waals surface area contributed by atoms with Gasteiger partial charge in [0.15, 0.2) is 0 Å². The number of alkyl halides is 2. The molecule has 0 unspecified atom stereocenters. The minimum Gasteiger partial charge on any atom is -0.369 e. The standard InChI is InChI=1S/C25H24F3N7O2/c1-13-17(8-14(9-18(13)26)23-32-24(37-33-23)15-11-25(27,28)12-15)20-21(22(29)36)35-5-2-16(10-19(35)31-20)34-6-3-30-4-7-34/h2,5,8-10,15,30H,3-4,6-7,11-12H2,1H3,(H2,29,36). The Balaban J connectivity index is 1.42. The number of nitrogens with zero attached hydrogens (tertiary/aromatic N) is 5. The fraction of sp³-hybridized carbons (Fsp3) is 0.360. The number of imidazole rings is 1. The SMILES string of the molecule is Cc1c(F)cc(-c2noc(C3CC(F)(F)C3)n2)cc1-c1nc2cc(N3CCNCC3)ccn2c1C(N)=O. The molecular formula is C25H24F3N7O2. The third-order valence-corrected chi connectivity index (χ3v) is 7.06. The molecule has 4 heterocycles. The van der Waals surface area contributed by atoms with Crippen LogP contribution in [0.15, 0.2) is 35.0 Å². The predicted octanol–water partition coefficient (Wildman–Crippen LogP) is 3.52. The number of aromatic nitrogens is 4. The van der Waals surface area contributed by atoms with Gasteiger partial charge in [0.05, 0.1) is 0 Å². The first-order valence-electron chi connectivity index (χ1n) is 12.0. The van der Waals surface area contributed by atoms with E-state index < -0.39 is 23.6 Å². The second-order valence-corrected chi connectivity index (χ2v) is 9.57. The van der Waals surface area contributed by atoms with Gasteiger partial charge in [-0.15, -0.1) is 0 Å². The Morgan fingerprint density at radius 3 is 2.65 bits per heavy atom. The summed E-state index contributed by atoms with van der Waals surface area (Å²) in [6.07, 6.45) is 1.02. The van der Waals surface area contributed by atoms with Crippen molar-refractivity contribution in [3.63, 3.8) is 0 Å². The fourth-order valence-corrected chi connectivity index (χ4v) is 4.98. The first-order chi connectivity index (χ1) is 17.7. The summed E-state index contributed by atoms with van der Waals surface area (Å²) in [6.45, 7) is 4.98. The predicted molar refractivity (Wildman–Crippen MR) is 129 cm³/mol. The number of benzene rings is 1. The molecule has 1 saturated carbocycles. The largest absolute Gasteiger partial charge is 0.369 e. The maximum atomic E-state index is 15.1. The van der Waals surface area contributed by atoms with Crippen molar-refractivity contribution >= 4 is 17.2 Å². The van der Waals surface area contributed by atoms with E-state index in [1.807, 2.05) is 12.1 Å². The molecule has 0 bridgehead atoms. The summed E-state index contributed by atoms with van der Waals surface area (Å²) in [6, 6.07) is 6.61. The molecule has 9 nitrogen and oxygen atoms in total. The molecule has 0 atom stereocenters. The quantitative estimate of drug-likeness (QED) is 0.421. The highest BCUT2D eigenvalue weighted by atomic mass is 19.3. The molecule has 3 N–H and O–H groups in total. The van der Waals surface area contributed by atoms with Crippen molar-refractivity contribution in [1.82, 2.24) is 24.8 Å². The van der Waals surface area contributed by atoms with Crippen molar-refractivity contribution in [2.24, 2.45) is 5.73 Å². The van der Waals surface area contributed by atoms with E-state index in [2.05, 4.69) is 25.3 Å². The number of carbonyl (C=O) groups is 1. The zero-order chi connectivity index (χ0) is 25.9. The third-order valence-electron chi connectivity index (χ3n) is 7.06. The van der Waals surface area contributed by atoms with Gasteiger partial charge in [0, 0.05) is 74.0 Å². The highest BCUT2D eigenvalue weighted by Gasteiger charge is 2.48. The minimum absolute atomic E-state index is 0.0655. The van der Waals surface area contributed by atoms with Gasteiger partial charge in [-0.3, -0.25) is 9.20 Å². The van der Waals surface area contributed by atoms with Crippen LogP contribution in [0.1, 0.15) is 40.7 Å². The lowest BCUT2D eigenvalue weighted by molar-refractivity contribution is -0.0925. The summed E-state index contributed by atoms with van der Waals surface area (Å²) < 4.78 is 48.4. The molecule has 1 saturated heterocycles. The van der Waals surface area contributed by atoms with Crippen LogP contribution in [-0.4, -0.2) is 57.5 Å². The number of halogens is 3. The second kappa shape index (κ2) is 8.58. The van der Waals surface area contributed by atoms with Crippen molar-refractivity contribution in [3.8, 4) is 22.6 Å². The number of piperazine rings is 1. The van der Waals surface area contributed by atoms with Crippen LogP contribution in [-0.2, 0) is 0 Å². The van der Waals surface area contributed by atoms with Gasteiger partial charge in [-0.2, -0.15) is 4.98 Å². The lowest BCUT2D eigenvalue weighted by Crippen LogP contribution is -2.43. The number of amides is 1. The number of carbonyl (C=O) groups excluding carboxylic acids is 1. The zero-order valence-corrected chi connectivity index (χ0v) is 20.0. The van der Waals surface area contributed by atoms with Crippen LogP contribution < -0.4 is 16.0 Å². The number of pyridine rings is 1. The Kier molecular flexibility index (Phi) is 5.44. The number of hydrogen-bond acceptors (Lipinski definition) is 7. The molecule has 12 heteroatoms. The Bertz CT molecular complexity index is 1520. The Morgan fingerprint density at radius 1 is 1.19 bits per heavy atom. The number of anilines is 1. The molecule has 0 radical (unpaired) electrons. The molecule has 6 rings (SSSR count). The van der Waals surface area contributed by atoms with Crippen molar-refractivity contribution in [3.05, 3.63) is 53.4 Å². The van der Waals surface area contributed by atoms with Gasteiger partial charge in [0.2, 0.25) is 17.6 Å². The summed E-state index contributed by atoms with van der Waals surface area (Å²) >= 11 is 0. The van der Waals surface area contributed by atoms with Crippen molar-refractivity contribution < 1.29 is 22.5 Å². The number of fused-ring (bicyclic) bond motifs is 1. The summed E-state index contributed by atoms with van der Waals surface area (Å²) in [5.41, 5.74) is 8.43. The van der Waals surface area contributed by atoms with Gasteiger partial charge in [0.1, 0.15) is 22.9 Å². The smallest absolute Gasteiger partial charge is 0.268 e. The summed E-state index contributed by atoms with van der Waals surface area (Å²) in [5, 5.41) is 7.19. The van der Waals surface area contributed by atoms with Gasteiger partial charge in [-0.1, -0.05) is 5.16 Å². The number of rotatable bonds is 5. The van der Waals surface area contributed by atoms with E-state index in [9.17, 15) is 13.6 Å². The average Bonchev–Trinajstić information content (AvgIpc) is 3.49. The van der Waals surface area contributed by atoms with Crippen LogP contribution in [0.5, 0.6) is 0 Å². The van der Waals surface area contributed by atoms with Crippen LogP contribution >= 0.6 is 0 Å². The number of nitrogens with one attached hydrogen (secondary N) is 1. The lowest BCUT2D eigenvalue weighted by atomic mass is 9.81. The normalized spacial score (nSPS) is 17.8. The topological polar surface area (TPSA) is 115 Å².